The third kappa shape index (κ3) is 4.40. The smallest absolute Gasteiger partial charge is 0.354 e. The molecule has 1 heterocycles. The largest absolute Gasteiger partial charge is 0.461 e. The molecule has 0 fully saturated rings. The summed E-state index contributed by atoms with van der Waals surface area (Å²) >= 11 is 0. The molecule has 0 radical (unpaired) electrons. The Balaban J connectivity index is 2.46. The quantitative estimate of drug-likeness (QED) is 0.490. The first-order valence-corrected chi connectivity index (χ1v) is 5.56. The van der Waals surface area contributed by atoms with Gasteiger partial charge in [0, 0.05) is 0 Å². The molecular formula is C12H16N2O4. The maximum Gasteiger partial charge on any atom is 0.354 e. The van der Waals surface area contributed by atoms with Crippen molar-refractivity contribution >= 4 is 17.6 Å². The molecular weight excluding hydrogens is 236 g/mol. The first kappa shape index (κ1) is 14.0. The summed E-state index contributed by atoms with van der Waals surface area (Å²) < 4.78 is 9.81. The normalized spacial score (nSPS) is 11.4. The van der Waals surface area contributed by atoms with Gasteiger partial charge in [-0.2, -0.15) is 5.10 Å². The Kier molecular flexibility index (Phi) is 5.10. The van der Waals surface area contributed by atoms with Gasteiger partial charge in [0.15, 0.2) is 5.76 Å². The molecule has 1 aromatic heterocycles. The van der Waals surface area contributed by atoms with Crippen LogP contribution in [0.5, 0.6) is 0 Å². The van der Waals surface area contributed by atoms with Crippen LogP contribution in [0.1, 0.15) is 31.3 Å². The van der Waals surface area contributed by atoms with Crippen molar-refractivity contribution in [3.63, 3.8) is 0 Å². The summed E-state index contributed by atoms with van der Waals surface area (Å²) in [5.41, 5.74) is 2.29. The monoisotopic (exact) mass is 252 g/mol. The van der Waals surface area contributed by atoms with Crippen molar-refractivity contribution in [2.75, 3.05) is 6.61 Å². The Hall–Kier alpha value is -2.11. The number of furan rings is 1. The minimum absolute atomic E-state index is 0.0792. The Labute approximate surface area is 105 Å². The molecule has 0 bridgehead atoms. The van der Waals surface area contributed by atoms with Crippen molar-refractivity contribution in [1.29, 1.82) is 0 Å². The van der Waals surface area contributed by atoms with Gasteiger partial charge in [-0.05, 0) is 25.0 Å². The highest BCUT2D eigenvalue weighted by Crippen LogP contribution is 1.99. The molecule has 1 rings (SSSR count). The zero-order chi connectivity index (χ0) is 13.5. The van der Waals surface area contributed by atoms with Gasteiger partial charge in [-0.15, -0.1) is 0 Å². The lowest BCUT2D eigenvalue weighted by atomic mass is 10.2. The van der Waals surface area contributed by atoms with Crippen LogP contribution in [0.3, 0.4) is 0 Å². The van der Waals surface area contributed by atoms with Gasteiger partial charge in [0.05, 0.1) is 12.9 Å². The van der Waals surface area contributed by atoms with Crippen LogP contribution in [0, 0.1) is 5.92 Å². The first-order chi connectivity index (χ1) is 8.50. The van der Waals surface area contributed by atoms with E-state index in [1.807, 2.05) is 13.8 Å². The summed E-state index contributed by atoms with van der Waals surface area (Å²) in [6, 6.07) is 3.08. The lowest BCUT2D eigenvalue weighted by molar-refractivity contribution is -0.136. The molecule has 1 N–H and O–H groups in total. The van der Waals surface area contributed by atoms with Gasteiger partial charge in [-0.25, -0.2) is 10.2 Å². The molecule has 0 atom stereocenters. The Morgan fingerprint density at radius 3 is 2.78 bits per heavy atom. The van der Waals surface area contributed by atoms with E-state index in [0.29, 0.717) is 6.61 Å². The van der Waals surface area contributed by atoms with Gasteiger partial charge < -0.3 is 9.15 Å². The average Bonchev–Trinajstić information content (AvgIpc) is 2.86. The van der Waals surface area contributed by atoms with E-state index in [1.165, 1.54) is 19.3 Å². The van der Waals surface area contributed by atoms with Gasteiger partial charge >= 0.3 is 11.9 Å². The molecule has 6 heteroatoms. The van der Waals surface area contributed by atoms with Crippen molar-refractivity contribution in [1.82, 2.24) is 5.43 Å². The number of hydrogen-bond donors (Lipinski definition) is 1. The summed E-state index contributed by atoms with van der Waals surface area (Å²) in [6.45, 7) is 5.64. The molecule has 0 aliphatic heterocycles. The summed E-state index contributed by atoms with van der Waals surface area (Å²) in [5, 5.41) is 3.64. The highest BCUT2D eigenvalue weighted by atomic mass is 16.5. The van der Waals surface area contributed by atoms with E-state index >= 15 is 0 Å². The number of carbonyl (C=O) groups is 2. The number of amides is 1. The summed E-state index contributed by atoms with van der Waals surface area (Å²) in [5.74, 6) is -0.694. The second-order valence-corrected chi connectivity index (χ2v) is 4.11. The van der Waals surface area contributed by atoms with Crippen molar-refractivity contribution in [2.24, 2.45) is 11.0 Å². The molecule has 18 heavy (non-hydrogen) atoms. The SMILES string of the molecule is C/C(=N\NC(=O)c1ccco1)C(=O)OCC(C)C. The van der Waals surface area contributed by atoms with E-state index < -0.39 is 11.9 Å². The number of hydrazone groups is 1. The van der Waals surface area contributed by atoms with E-state index in [9.17, 15) is 9.59 Å². The first-order valence-electron chi connectivity index (χ1n) is 5.56. The third-order valence-corrected chi connectivity index (χ3v) is 1.91. The molecule has 1 amide bonds. The molecule has 98 valence electrons. The minimum atomic E-state index is -0.552. The fourth-order valence-electron chi connectivity index (χ4n) is 0.990. The van der Waals surface area contributed by atoms with Gasteiger partial charge in [0.2, 0.25) is 0 Å². The van der Waals surface area contributed by atoms with Crippen LogP contribution in [0.15, 0.2) is 27.9 Å². The van der Waals surface area contributed by atoms with Gasteiger partial charge in [-0.1, -0.05) is 13.8 Å². The Morgan fingerprint density at radius 2 is 2.22 bits per heavy atom. The summed E-state index contributed by atoms with van der Waals surface area (Å²) in [6.07, 6.45) is 1.38. The summed E-state index contributed by atoms with van der Waals surface area (Å²) in [7, 11) is 0. The molecule has 6 nitrogen and oxygen atoms in total. The number of nitrogens with zero attached hydrogens (tertiary/aromatic N) is 1. The Morgan fingerprint density at radius 1 is 1.50 bits per heavy atom. The zero-order valence-electron chi connectivity index (χ0n) is 10.6. The molecule has 1 aromatic rings. The molecule has 0 spiro atoms. The van der Waals surface area contributed by atoms with Crippen LogP contribution in [-0.4, -0.2) is 24.2 Å². The maximum atomic E-state index is 11.4. The molecule has 0 unspecified atom stereocenters. The molecule has 0 aliphatic carbocycles. The molecule has 0 aliphatic rings. The standard InChI is InChI=1S/C12H16N2O4/c1-8(2)7-18-12(16)9(3)13-14-11(15)10-5-4-6-17-10/h4-6,8H,7H2,1-3H3,(H,14,15)/b13-9+. The zero-order valence-corrected chi connectivity index (χ0v) is 10.6. The fraction of sp³-hybridized carbons (Fsp3) is 0.417. The van der Waals surface area contributed by atoms with Gasteiger partial charge in [0.25, 0.3) is 0 Å². The number of nitrogens with one attached hydrogen (secondary N) is 1. The highest BCUT2D eigenvalue weighted by molar-refractivity contribution is 6.35. The molecule has 0 aromatic carbocycles. The third-order valence-electron chi connectivity index (χ3n) is 1.91. The van der Waals surface area contributed by atoms with Crippen molar-refractivity contribution < 1.29 is 18.7 Å². The van der Waals surface area contributed by atoms with Crippen LogP contribution >= 0.6 is 0 Å². The van der Waals surface area contributed by atoms with E-state index in [1.54, 1.807) is 6.07 Å². The van der Waals surface area contributed by atoms with Crippen LogP contribution in [0.4, 0.5) is 0 Å². The van der Waals surface area contributed by atoms with E-state index in [2.05, 4.69) is 10.5 Å². The highest BCUT2D eigenvalue weighted by Gasteiger charge is 2.11. The molecule has 0 saturated carbocycles. The number of rotatable bonds is 5. The number of ether oxygens (including phenoxy) is 1. The van der Waals surface area contributed by atoms with Crippen LogP contribution < -0.4 is 5.43 Å². The van der Waals surface area contributed by atoms with E-state index in [4.69, 9.17) is 9.15 Å². The van der Waals surface area contributed by atoms with E-state index in [-0.39, 0.29) is 17.4 Å². The van der Waals surface area contributed by atoms with Crippen LogP contribution in [-0.2, 0) is 9.53 Å². The lowest BCUT2D eigenvalue weighted by Crippen LogP contribution is -2.23. The van der Waals surface area contributed by atoms with Gasteiger partial charge in [0.1, 0.15) is 5.71 Å². The number of esters is 1. The van der Waals surface area contributed by atoms with Crippen molar-refractivity contribution in [3.05, 3.63) is 24.2 Å². The second kappa shape index (κ2) is 6.58. The van der Waals surface area contributed by atoms with Crippen LogP contribution in [0.2, 0.25) is 0 Å². The van der Waals surface area contributed by atoms with Crippen LogP contribution in [0.25, 0.3) is 0 Å². The van der Waals surface area contributed by atoms with Crippen molar-refractivity contribution in [3.8, 4) is 0 Å². The number of hydrogen-bond acceptors (Lipinski definition) is 5. The second-order valence-electron chi connectivity index (χ2n) is 4.11. The van der Waals surface area contributed by atoms with Gasteiger partial charge in [-0.3, -0.25) is 4.79 Å². The average molecular weight is 252 g/mol. The number of carbonyl (C=O) groups excluding carboxylic acids is 2. The van der Waals surface area contributed by atoms with E-state index in [0.717, 1.165) is 0 Å². The topological polar surface area (TPSA) is 80.9 Å². The fourth-order valence-corrected chi connectivity index (χ4v) is 0.990. The summed E-state index contributed by atoms with van der Waals surface area (Å²) in [4.78, 5) is 22.9. The minimum Gasteiger partial charge on any atom is -0.461 e. The predicted octanol–water partition coefficient (Wildman–Crippen LogP) is 1.58. The lowest BCUT2D eigenvalue weighted by Gasteiger charge is -2.06. The Bertz CT molecular complexity index is 435. The predicted molar refractivity (Wildman–Crippen MR) is 65.1 cm³/mol. The molecule has 0 saturated heterocycles. The maximum absolute atomic E-state index is 11.4. The van der Waals surface area contributed by atoms with Crippen molar-refractivity contribution in [2.45, 2.75) is 20.8 Å².